The quantitative estimate of drug-likeness (QED) is 0.201. The van der Waals surface area contributed by atoms with Crippen molar-refractivity contribution in [2.75, 3.05) is 39.5 Å². The normalized spacial score (nSPS) is 10.9. The number of nitrogens with two attached hydrogens (primary N) is 1. The SMILES string of the molecule is C=C(C)COCCNC(N)=NCCCOCC.I. The molecule has 0 spiro atoms. The van der Waals surface area contributed by atoms with Gasteiger partial charge < -0.3 is 20.5 Å². The van der Waals surface area contributed by atoms with Crippen LogP contribution in [0.3, 0.4) is 0 Å². The van der Waals surface area contributed by atoms with Crippen molar-refractivity contribution in [3.63, 3.8) is 0 Å². The van der Waals surface area contributed by atoms with Crippen LogP contribution in [0.4, 0.5) is 0 Å². The Balaban J connectivity index is 0. The van der Waals surface area contributed by atoms with E-state index in [-0.39, 0.29) is 24.0 Å². The third kappa shape index (κ3) is 15.7. The lowest BCUT2D eigenvalue weighted by Gasteiger charge is -2.06. The zero-order chi connectivity index (χ0) is 12.9. The van der Waals surface area contributed by atoms with E-state index in [2.05, 4.69) is 16.9 Å². The first kappa shape index (κ1) is 20.0. The number of aliphatic imine (C=N–C) groups is 1. The second-order valence-corrected chi connectivity index (χ2v) is 3.75. The van der Waals surface area contributed by atoms with E-state index >= 15 is 0 Å². The average molecular weight is 371 g/mol. The molecular formula is C12H26IN3O2. The number of hydrogen-bond acceptors (Lipinski definition) is 3. The zero-order valence-electron chi connectivity index (χ0n) is 11.4. The Hall–Kier alpha value is -0.340. The van der Waals surface area contributed by atoms with Crippen molar-refractivity contribution in [1.82, 2.24) is 5.32 Å². The van der Waals surface area contributed by atoms with Crippen LogP contribution in [0.2, 0.25) is 0 Å². The van der Waals surface area contributed by atoms with Crippen LogP contribution in [0.15, 0.2) is 17.1 Å². The van der Waals surface area contributed by atoms with Gasteiger partial charge in [0, 0.05) is 26.3 Å². The summed E-state index contributed by atoms with van der Waals surface area (Å²) in [4.78, 5) is 4.16. The van der Waals surface area contributed by atoms with Crippen LogP contribution in [-0.4, -0.2) is 45.5 Å². The number of rotatable bonds is 10. The van der Waals surface area contributed by atoms with E-state index in [9.17, 15) is 0 Å². The Morgan fingerprint density at radius 1 is 1.33 bits per heavy atom. The highest BCUT2D eigenvalue weighted by atomic mass is 127. The lowest BCUT2D eigenvalue weighted by molar-refractivity contribution is 0.146. The molecule has 0 rings (SSSR count). The summed E-state index contributed by atoms with van der Waals surface area (Å²) >= 11 is 0. The van der Waals surface area contributed by atoms with Crippen molar-refractivity contribution in [2.24, 2.45) is 10.7 Å². The van der Waals surface area contributed by atoms with Gasteiger partial charge in [-0.05, 0) is 20.3 Å². The maximum absolute atomic E-state index is 5.66. The summed E-state index contributed by atoms with van der Waals surface area (Å²) in [7, 11) is 0. The number of ether oxygens (including phenoxy) is 2. The summed E-state index contributed by atoms with van der Waals surface area (Å²) in [5.41, 5.74) is 6.67. The number of hydrogen-bond donors (Lipinski definition) is 2. The zero-order valence-corrected chi connectivity index (χ0v) is 13.7. The summed E-state index contributed by atoms with van der Waals surface area (Å²) in [6.07, 6.45) is 0.891. The standard InChI is InChI=1S/C12H25N3O2.HI/c1-4-16-8-5-6-14-12(13)15-7-9-17-10-11(2)3;/h2,4-10H2,1,3H3,(H3,13,14,15);1H. The minimum absolute atomic E-state index is 0. The van der Waals surface area contributed by atoms with E-state index in [1.54, 1.807) is 0 Å². The highest BCUT2D eigenvalue weighted by molar-refractivity contribution is 14.0. The number of guanidine groups is 1. The molecule has 18 heavy (non-hydrogen) atoms. The number of nitrogens with zero attached hydrogens (tertiary/aromatic N) is 1. The molecule has 0 amide bonds. The van der Waals surface area contributed by atoms with Crippen molar-refractivity contribution in [3.05, 3.63) is 12.2 Å². The van der Waals surface area contributed by atoms with Crippen molar-refractivity contribution < 1.29 is 9.47 Å². The third-order valence-electron chi connectivity index (χ3n) is 1.83. The van der Waals surface area contributed by atoms with E-state index in [0.717, 1.165) is 25.2 Å². The fraction of sp³-hybridized carbons (Fsp3) is 0.750. The van der Waals surface area contributed by atoms with E-state index < -0.39 is 0 Å². The minimum atomic E-state index is 0. The predicted octanol–water partition coefficient (Wildman–Crippen LogP) is 1.53. The maximum Gasteiger partial charge on any atom is 0.188 e. The van der Waals surface area contributed by atoms with Gasteiger partial charge in [0.2, 0.25) is 0 Å². The third-order valence-corrected chi connectivity index (χ3v) is 1.83. The Labute approximate surface area is 127 Å². The van der Waals surface area contributed by atoms with Gasteiger partial charge in [-0.15, -0.1) is 24.0 Å². The van der Waals surface area contributed by atoms with Crippen LogP contribution in [0.25, 0.3) is 0 Å². The van der Waals surface area contributed by atoms with Gasteiger partial charge >= 0.3 is 0 Å². The summed E-state index contributed by atoms with van der Waals surface area (Å²) in [5.74, 6) is 0.459. The number of nitrogens with one attached hydrogen (secondary N) is 1. The van der Waals surface area contributed by atoms with E-state index in [0.29, 0.717) is 32.3 Å². The van der Waals surface area contributed by atoms with Crippen LogP contribution in [-0.2, 0) is 9.47 Å². The first-order chi connectivity index (χ1) is 8.16. The van der Waals surface area contributed by atoms with E-state index in [4.69, 9.17) is 15.2 Å². The Kier molecular flexibility index (Phi) is 16.3. The van der Waals surface area contributed by atoms with Gasteiger partial charge in [0.15, 0.2) is 5.96 Å². The van der Waals surface area contributed by atoms with E-state index in [1.165, 1.54) is 0 Å². The first-order valence-electron chi connectivity index (χ1n) is 6.00. The van der Waals surface area contributed by atoms with Crippen molar-refractivity contribution in [3.8, 4) is 0 Å². The molecule has 0 aliphatic heterocycles. The molecule has 5 nitrogen and oxygen atoms in total. The predicted molar refractivity (Wildman–Crippen MR) is 86.7 cm³/mol. The molecule has 0 unspecified atom stereocenters. The van der Waals surface area contributed by atoms with Gasteiger partial charge in [-0.2, -0.15) is 0 Å². The minimum Gasteiger partial charge on any atom is -0.382 e. The molecule has 0 radical (unpaired) electrons. The molecule has 0 saturated carbocycles. The van der Waals surface area contributed by atoms with Crippen LogP contribution in [0.5, 0.6) is 0 Å². The molecule has 0 bridgehead atoms. The van der Waals surface area contributed by atoms with Crippen LogP contribution < -0.4 is 11.1 Å². The molecule has 6 heteroatoms. The Morgan fingerprint density at radius 3 is 2.67 bits per heavy atom. The molecule has 0 aliphatic carbocycles. The van der Waals surface area contributed by atoms with Gasteiger partial charge in [0.05, 0.1) is 13.2 Å². The molecule has 3 N–H and O–H groups in total. The summed E-state index contributed by atoms with van der Waals surface area (Å²) < 4.78 is 10.5. The molecule has 0 saturated heterocycles. The highest BCUT2D eigenvalue weighted by Crippen LogP contribution is 1.87. The molecule has 0 aromatic rings. The topological polar surface area (TPSA) is 68.9 Å². The Morgan fingerprint density at radius 2 is 2.06 bits per heavy atom. The van der Waals surface area contributed by atoms with Crippen LogP contribution in [0, 0.1) is 0 Å². The van der Waals surface area contributed by atoms with Crippen molar-refractivity contribution >= 4 is 29.9 Å². The van der Waals surface area contributed by atoms with Crippen LogP contribution >= 0.6 is 24.0 Å². The fourth-order valence-electron chi connectivity index (χ4n) is 1.06. The monoisotopic (exact) mass is 371 g/mol. The van der Waals surface area contributed by atoms with Gasteiger partial charge in [-0.1, -0.05) is 12.2 Å². The van der Waals surface area contributed by atoms with Gasteiger partial charge in [-0.25, -0.2) is 0 Å². The van der Waals surface area contributed by atoms with E-state index in [1.807, 2.05) is 13.8 Å². The molecule has 108 valence electrons. The molecule has 0 atom stereocenters. The van der Waals surface area contributed by atoms with Gasteiger partial charge in [0.25, 0.3) is 0 Å². The summed E-state index contributed by atoms with van der Waals surface area (Å²) in [6, 6.07) is 0. The highest BCUT2D eigenvalue weighted by Gasteiger charge is 1.92. The van der Waals surface area contributed by atoms with Gasteiger partial charge in [-0.3, -0.25) is 4.99 Å². The van der Waals surface area contributed by atoms with Crippen molar-refractivity contribution in [2.45, 2.75) is 20.3 Å². The van der Waals surface area contributed by atoms with Crippen molar-refractivity contribution in [1.29, 1.82) is 0 Å². The second-order valence-electron chi connectivity index (χ2n) is 3.75. The molecule has 0 heterocycles. The molecular weight excluding hydrogens is 345 g/mol. The molecule has 0 aliphatic rings. The molecule has 0 aromatic heterocycles. The smallest absolute Gasteiger partial charge is 0.188 e. The average Bonchev–Trinajstić information content (AvgIpc) is 2.28. The van der Waals surface area contributed by atoms with Gasteiger partial charge in [0.1, 0.15) is 0 Å². The maximum atomic E-state index is 5.66. The lowest BCUT2D eigenvalue weighted by Crippen LogP contribution is -2.34. The first-order valence-corrected chi connectivity index (χ1v) is 6.00. The molecule has 0 fully saturated rings. The summed E-state index contributed by atoms with van der Waals surface area (Å²) in [6.45, 7) is 11.7. The summed E-state index contributed by atoms with van der Waals surface area (Å²) in [5, 5.41) is 2.98. The Bertz CT molecular complexity index is 235. The largest absolute Gasteiger partial charge is 0.382 e. The fourth-order valence-corrected chi connectivity index (χ4v) is 1.06. The van der Waals surface area contributed by atoms with Crippen LogP contribution in [0.1, 0.15) is 20.3 Å². The lowest BCUT2D eigenvalue weighted by atomic mass is 10.4. The molecule has 0 aromatic carbocycles. The second kappa shape index (κ2) is 14.7. The number of halogens is 1.